The van der Waals surface area contributed by atoms with E-state index in [9.17, 15) is 0 Å². The van der Waals surface area contributed by atoms with Gasteiger partial charge in [-0.25, -0.2) is 0 Å². The zero-order chi connectivity index (χ0) is 15.2. The van der Waals surface area contributed by atoms with Crippen LogP contribution in [0.2, 0.25) is 5.02 Å². The molecule has 4 heteroatoms. The average molecular weight is 306 g/mol. The van der Waals surface area contributed by atoms with E-state index in [0.717, 1.165) is 22.4 Å². The van der Waals surface area contributed by atoms with Gasteiger partial charge >= 0.3 is 0 Å². The van der Waals surface area contributed by atoms with Crippen molar-refractivity contribution >= 4 is 11.6 Å². The second-order valence-corrected chi connectivity index (χ2v) is 5.29. The number of hydrogen-bond donors (Lipinski definition) is 1. The third-order valence-corrected chi connectivity index (χ3v) is 3.61. The number of nitrogens with two attached hydrogens (primary N) is 1. The molecule has 112 valence electrons. The molecule has 3 nitrogen and oxygen atoms in total. The van der Waals surface area contributed by atoms with E-state index in [2.05, 4.69) is 0 Å². The van der Waals surface area contributed by atoms with Crippen LogP contribution in [0.1, 0.15) is 22.7 Å². The highest BCUT2D eigenvalue weighted by Gasteiger charge is 2.16. The van der Waals surface area contributed by atoms with Crippen molar-refractivity contribution in [3.8, 4) is 5.75 Å². The van der Waals surface area contributed by atoms with Crippen molar-refractivity contribution in [2.24, 2.45) is 5.73 Å². The molecule has 0 aromatic heterocycles. The zero-order valence-electron chi connectivity index (χ0n) is 12.3. The molecule has 0 aliphatic carbocycles. The summed E-state index contributed by atoms with van der Waals surface area (Å²) in [4.78, 5) is 0. The molecule has 2 N–H and O–H groups in total. The number of para-hydroxylation sites is 1. The van der Waals surface area contributed by atoms with Crippen LogP contribution >= 0.6 is 11.6 Å². The summed E-state index contributed by atoms with van der Waals surface area (Å²) in [6.45, 7) is 3.06. The first-order valence-electron chi connectivity index (χ1n) is 6.85. The molecule has 0 amide bonds. The van der Waals surface area contributed by atoms with Crippen LogP contribution in [-0.2, 0) is 4.74 Å². The maximum Gasteiger partial charge on any atom is 0.124 e. The van der Waals surface area contributed by atoms with E-state index in [1.807, 2.05) is 49.4 Å². The summed E-state index contributed by atoms with van der Waals surface area (Å²) < 4.78 is 10.8. The third-order valence-electron chi connectivity index (χ3n) is 3.38. The van der Waals surface area contributed by atoms with Gasteiger partial charge in [0.2, 0.25) is 0 Å². The number of hydrogen-bond acceptors (Lipinski definition) is 3. The number of halogens is 1. The minimum atomic E-state index is -0.276. The lowest BCUT2D eigenvalue weighted by atomic mass is 9.95. The summed E-state index contributed by atoms with van der Waals surface area (Å²) in [7, 11) is 1.65. The van der Waals surface area contributed by atoms with Crippen LogP contribution in [0.3, 0.4) is 0 Å². The van der Waals surface area contributed by atoms with Crippen LogP contribution in [0, 0.1) is 6.92 Å². The smallest absolute Gasteiger partial charge is 0.124 e. The summed E-state index contributed by atoms with van der Waals surface area (Å²) in [6.07, 6.45) is 0. The molecule has 21 heavy (non-hydrogen) atoms. The van der Waals surface area contributed by atoms with E-state index in [-0.39, 0.29) is 6.04 Å². The fourth-order valence-electron chi connectivity index (χ4n) is 2.22. The van der Waals surface area contributed by atoms with Crippen LogP contribution in [0.5, 0.6) is 5.75 Å². The van der Waals surface area contributed by atoms with Crippen LogP contribution in [0.15, 0.2) is 42.5 Å². The number of methoxy groups -OCH3 is 1. The normalized spacial score (nSPS) is 12.2. The Morgan fingerprint density at radius 1 is 1.10 bits per heavy atom. The average Bonchev–Trinajstić information content (AvgIpc) is 2.50. The summed E-state index contributed by atoms with van der Waals surface area (Å²) >= 11 is 6.09. The van der Waals surface area contributed by atoms with Gasteiger partial charge in [-0.1, -0.05) is 35.9 Å². The Morgan fingerprint density at radius 3 is 2.62 bits per heavy atom. The van der Waals surface area contributed by atoms with Crippen molar-refractivity contribution in [3.63, 3.8) is 0 Å². The molecule has 1 atom stereocenters. The van der Waals surface area contributed by atoms with E-state index >= 15 is 0 Å². The van der Waals surface area contributed by atoms with Gasteiger partial charge in [0.15, 0.2) is 0 Å². The van der Waals surface area contributed by atoms with Gasteiger partial charge in [0.05, 0.1) is 12.6 Å². The maximum absolute atomic E-state index is 6.42. The lowest BCUT2D eigenvalue weighted by Crippen LogP contribution is -2.15. The summed E-state index contributed by atoms with van der Waals surface area (Å²) in [6, 6.07) is 13.3. The van der Waals surface area contributed by atoms with Crippen LogP contribution in [0.4, 0.5) is 0 Å². The van der Waals surface area contributed by atoms with E-state index in [1.54, 1.807) is 7.11 Å². The van der Waals surface area contributed by atoms with Crippen molar-refractivity contribution in [2.45, 2.75) is 13.0 Å². The Balaban J connectivity index is 2.30. The fourth-order valence-corrected chi connectivity index (χ4v) is 2.40. The van der Waals surface area contributed by atoms with Crippen LogP contribution in [-0.4, -0.2) is 20.3 Å². The number of rotatable bonds is 6. The van der Waals surface area contributed by atoms with Gasteiger partial charge in [-0.2, -0.15) is 0 Å². The Hall–Kier alpha value is -1.55. The molecule has 0 saturated heterocycles. The standard InChI is InChI=1S/C17H20ClNO2/c1-12-7-8-13(18)11-15(12)17(19)14-5-3-4-6-16(14)21-10-9-20-2/h3-8,11,17H,9-10,19H2,1-2H3. The largest absolute Gasteiger partial charge is 0.491 e. The van der Waals surface area contributed by atoms with Gasteiger partial charge in [0.25, 0.3) is 0 Å². The molecule has 0 spiro atoms. The quantitative estimate of drug-likeness (QED) is 0.827. The molecule has 0 heterocycles. The molecule has 2 aromatic rings. The lowest BCUT2D eigenvalue weighted by Gasteiger charge is -2.19. The Bertz CT molecular complexity index is 601. The van der Waals surface area contributed by atoms with Crippen LogP contribution in [0.25, 0.3) is 0 Å². The van der Waals surface area contributed by atoms with E-state index in [0.29, 0.717) is 18.2 Å². The minimum absolute atomic E-state index is 0.276. The first kappa shape index (κ1) is 15.8. The second kappa shape index (κ2) is 7.46. The lowest BCUT2D eigenvalue weighted by molar-refractivity contribution is 0.145. The second-order valence-electron chi connectivity index (χ2n) is 4.86. The van der Waals surface area contributed by atoms with Crippen molar-refractivity contribution in [1.82, 2.24) is 0 Å². The first-order chi connectivity index (χ1) is 10.1. The van der Waals surface area contributed by atoms with Crippen molar-refractivity contribution in [3.05, 3.63) is 64.2 Å². The van der Waals surface area contributed by atoms with Gasteiger partial charge < -0.3 is 15.2 Å². The van der Waals surface area contributed by atoms with Crippen molar-refractivity contribution < 1.29 is 9.47 Å². The predicted molar refractivity (Wildman–Crippen MR) is 86.0 cm³/mol. The summed E-state index contributed by atoms with van der Waals surface area (Å²) in [5.74, 6) is 0.779. The zero-order valence-corrected chi connectivity index (χ0v) is 13.1. The number of benzene rings is 2. The maximum atomic E-state index is 6.42. The van der Waals surface area contributed by atoms with E-state index in [4.69, 9.17) is 26.8 Å². The summed E-state index contributed by atoms with van der Waals surface area (Å²) in [5.41, 5.74) is 9.48. The molecule has 1 unspecified atom stereocenters. The molecule has 0 radical (unpaired) electrons. The Kier molecular flexibility index (Phi) is 5.62. The highest BCUT2D eigenvalue weighted by molar-refractivity contribution is 6.30. The molecule has 0 fully saturated rings. The van der Waals surface area contributed by atoms with E-state index < -0.39 is 0 Å². The molecular weight excluding hydrogens is 286 g/mol. The topological polar surface area (TPSA) is 44.5 Å². The number of ether oxygens (including phenoxy) is 2. The molecule has 0 aliphatic heterocycles. The first-order valence-corrected chi connectivity index (χ1v) is 7.23. The van der Waals surface area contributed by atoms with Gasteiger partial charge in [0, 0.05) is 17.7 Å². The van der Waals surface area contributed by atoms with Crippen molar-refractivity contribution in [1.29, 1.82) is 0 Å². The Labute approximate surface area is 130 Å². The number of aryl methyl sites for hydroxylation is 1. The molecule has 0 bridgehead atoms. The van der Waals surface area contributed by atoms with Crippen LogP contribution < -0.4 is 10.5 Å². The molecule has 0 aliphatic rings. The molecule has 2 rings (SSSR count). The van der Waals surface area contributed by atoms with Gasteiger partial charge in [-0.15, -0.1) is 0 Å². The predicted octanol–water partition coefficient (Wildman–Crippen LogP) is 3.72. The molecule has 0 saturated carbocycles. The SMILES string of the molecule is COCCOc1ccccc1C(N)c1cc(Cl)ccc1C. The minimum Gasteiger partial charge on any atom is -0.491 e. The highest BCUT2D eigenvalue weighted by atomic mass is 35.5. The molecule has 2 aromatic carbocycles. The third kappa shape index (κ3) is 3.97. The van der Waals surface area contributed by atoms with Crippen molar-refractivity contribution in [2.75, 3.05) is 20.3 Å². The fraction of sp³-hybridized carbons (Fsp3) is 0.294. The molecular formula is C17H20ClNO2. The van der Waals surface area contributed by atoms with Gasteiger partial charge in [-0.05, 0) is 36.2 Å². The summed E-state index contributed by atoms with van der Waals surface area (Å²) in [5, 5.41) is 0.684. The Morgan fingerprint density at radius 2 is 1.86 bits per heavy atom. The van der Waals surface area contributed by atoms with E-state index in [1.165, 1.54) is 0 Å². The van der Waals surface area contributed by atoms with Gasteiger partial charge in [-0.3, -0.25) is 0 Å². The monoisotopic (exact) mass is 305 g/mol. The van der Waals surface area contributed by atoms with Gasteiger partial charge in [0.1, 0.15) is 12.4 Å². The highest BCUT2D eigenvalue weighted by Crippen LogP contribution is 2.31.